The molecule has 0 saturated heterocycles. The lowest BCUT2D eigenvalue weighted by molar-refractivity contribution is -0.384. The zero-order valence-corrected chi connectivity index (χ0v) is 11.2. The second-order valence-electron chi connectivity index (χ2n) is 5.07. The van der Waals surface area contributed by atoms with Gasteiger partial charge in [-0.2, -0.15) is 0 Å². The summed E-state index contributed by atoms with van der Waals surface area (Å²) in [5.41, 5.74) is 2.63. The van der Waals surface area contributed by atoms with Crippen molar-refractivity contribution in [2.45, 2.75) is 18.3 Å². The third-order valence-electron chi connectivity index (χ3n) is 3.87. The number of non-ortho nitro benzene ring substituents is 1. The summed E-state index contributed by atoms with van der Waals surface area (Å²) in [6.07, 6.45) is 1.10. The van der Waals surface area contributed by atoms with Crippen molar-refractivity contribution in [3.05, 3.63) is 69.8 Å². The topological polar surface area (TPSA) is 52.4 Å². The van der Waals surface area contributed by atoms with Gasteiger partial charge in [0.25, 0.3) is 5.69 Å². The van der Waals surface area contributed by atoms with Crippen molar-refractivity contribution in [3.8, 4) is 5.75 Å². The molecule has 3 rings (SSSR count). The standard InChI is InChI=1S/C16H15NO3/c1-20-14-8-4-12(5-9-14)16-10-15(16)11-2-6-13(7-3-11)17(18)19/h2-9,15-16H,10H2,1H3/t15-,16+/m0/s1. The molecule has 0 radical (unpaired) electrons. The predicted molar refractivity (Wildman–Crippen MR) is 76.2 cm³/mol. The molecule has 102 valence electrons. The van der Waals surface area contributed by atoms with Crippen LogP contribution in [0.15, 0.2) is 48.5 Å². The van der Waals surface area contributed by atoms with Gasteiger partial charge < -0.3 is 4.74 Å². The molecule has 1 fully saturated rings. The maximum Gasteiger partial charge on any atom is 0.269 e. The van der Waals surface area contributed by atoms with Crippen LogP contribution in [0.1, 0.15) is 29.4 Å². The lowest BCUT2D eigenvalue weighted by Gasteiger charge is -2.03. The largest absolute Gasteiger partial charge is 0.497 e. The summed E-state index contributed by atoms with van der Waals surface area (Å²) in [5, 5.41) is 10.6. The molecule has 0 bridgehead atoms. The number of nitrogens with zero attached hydrogens (tertiary/aromatic N) is 1. The summed E-state index contributed by atoms with van der Waals surface area (Å²) in [5.74, 6) is 1.85. The van der Waals surface area contributed by atoms with E-state index in [4.69, 9.17) is 4.74 Å². The third-order valence-corrected chi connectivity index (χ3v) is 3.87. The Morgan fingerprint density at radius 1 is 1.00 bits per heavy atom. The van der Waals surface area contributed by atoms with Gasteiger partial charge in [-0.15, -0.1) is 0 Å². The minimum atomic E-state index is -0.363. The SMILES string of the molecule is COc1ccc([C@H]2C[C@H]2c2ccc([N+](=O)[O-])cc2)cc1. The molecule has 2 aromatic carbocycles. The number of rotatable bonds is 4. The third kappa shape index (κ3) is 2.37. The second kappa shape index (κ2) is 4.96. The number of hydrogen-bond donors (Lipinski definition) is 0. The first-order valence-corrected chi connectivity index (χ1v) is 6.57. The van der Waals surface area contributed by atoms with E-state index in [9.17, 15) is 10.1 Å². The predicted octanol–water partition coefficient (Wildman–Crippen LogP) is 3.87. The Bertz CT molecular complexity index is 619. The molecule has 1 saturated carbocycles. The van der Waals surface area contributed by atoms with E-state index in [0.717, 1.165) is 12.2 Å². The zero-order chi connectivity index (χ0) is 14.1. The average molecular weight is 269 g/mol. The summed E-state index contributed by atoms with van der Waals surface area (Å²) >= 11 is 0. The molecule has 4 nitrogen and oxygen atoms in total. The molecule has 2 atom stereocenters. The van der Waals surface area contributed by atoms with Gasteiger partial charge >= 0.3 is 0 Å². The summed E-state index contributed by atoms with van der Waals surface area (Å²) < 4.78 is 5.15. The van der Waals surface area contributed by atoms with Crippen LogP contribution in [0, 0.1) is 10.1 Å². The molecule has 0 N–H and O–H groups in total. The summed E-state index contributed by atoms with van der Waals surface area (Å²) in [6.45, 7) is 0. The maximum absolute atomic E-state index is 10.6. The first kappa shape index (κ1) is 12.7. The number of methoxy groups -OCH3 is 1. The van der Waals surface area contributed by atoms with E-state index in [2.05, 4.69) is 12.1 Å². The van der Waals surface area contributed by atoms with Crippen LogP contribution in [0.4, 0.5) is 5.69 Å². The van der Waals surface area contributed by atoms with Crippen LogP contribution >= 0.6 is 0 Å². The van der Waals surface area contributed by atoms with E-state index in [1.807, 2.05) is 24.3 Å². The van der Waals surface area contributed by atoms with E-state index in [1.165, 1.54) is 11.1 Å². The van der Waals surface area contributed by atoms with Crippen LogP contribution in [0.5, 0.6) is 5.75 Å². The van der Waals surface area contributed by atoms with Crippen LogP contribution in [0.3, 0.4) is 0 Å². The van der Waals surface area contributed by atoms with Crippen molar-refractivity contribution in [2.75, 3.05) is 7.11 Å². The molecule has 0 aromatic heterocycles. The van der Waals surface area contributed by atoms with E-state index in [-0.39, 0.29) is 10.6 Å². The number of benzene rings is 2. The average Bonchev–Trinajstić information content (AvgIpc) is 3.28. The fourth-order valence-electron chi connectivity index (χ4n) is 2.63. The lowest BCUT2D eigenvalue weighted by Crippen LogP contribution is -1.89. The van der Waals surface area contributed by atoms with Crippen molar-refractivity contribution in [1.29, 1.82) is 0 Å². The Labute approximate surface area is 117 Å². The van der Waals surface area contributed by atoms with Crippen molar-refractivity contribution in [2.24, 2.45) is 0 Å². The molecular formula is C16H15NO3. The van der Waals surface area contributed by atoms with E-state index < -0.39 is 0 Å². The highest BCUT2D eigenvalue weighted by molar-refractivity contribution is 5.41. The Kier molecular flexibility index (Phi) is 3.14. The van der Waals surface area contributed by atoms with Gasteiger partial charge in [-0.1, -0.05) is 24.3 Å². The molecule has 1 aliphatic rings. The second-order valence-corrected chi connectivity index (χ2v) is 5.07. The Balaban J connectivity index is 1.73. The number of hydrogen-bond acceptors (Lipinski definition) is 3. The number of nitro benzene ring substituents is 1. The van der Waals surface area contributed by atoms with Crippen LogP contribution in [-0.2, 0) is 0 Å². The molecule has 0 heterocycles. The minimum Gasteiger partial charge on any atom is -0.497 e. The van der Waals surface area contributed by atoms with E-state index in [1.54, 1.807) is 19.2 Å². The van der Waals surface area contributed by atoms with Crippen LogP contribution in [-0.4, -0.2) is 12.0 Å². The normalized spacial score (nSPS) is 20.4. The Hall–Kier alpha value is -2.36. The highest BCUT2D eigenvalue weighted by atomic mass is 16.6. The van der Waals surface area contributed by atoms with Gasteiger partial charge in [0.1, 0.15) is 5.75 Å². The minimum absolute atomic E-state index is 0.149. The lowest BCUT2D eigenvalue weighted by atomic mass is 10.0. The summed E-state index contributed by atoms with van der Waals surface area (Å²) in [7, 11) is 1.66. The van der Waals surface area contributed by atoms with Gasteiger partial charge in [-0.05, 0) is 41.5 Å². The monoisotopic (exact) mass is 269 g/mol. The van der Waals surface area contributed by atoms with Gasteiger partial charge in [-0.3, -0.25) is 10.1 Å². The smallest absolute Gasteiger partial charge is 0.269 e. The fourth-order valence-corrected chi connectivity index (χ4v) is 2.63. The van der Waals surface area contributed by atoms with Crippen LogP contribution in [0.2, 0.25) is 0 Å². The van der Waals surface area contributed by atoms with Crippen molar-refractivity contribution in [1.82, 2.24) is 0 Å². The summed E-state index contributed by atoms with van der Waals surface area (Å²) in [6, 6.07) is 15.0. The van der Waals surface area contributed by atoms with Crippen molar-refractivity contribution < 1.29 is 9.66 Å². The molecule has 0 spiro atoms. The van der Waals surface area contributed by atoms with Crippen LogP contribution < -0.4 is 4.74 Å². The van der Waals surface area contributed by atoms with Gasteiger partial charge in [0, 0.05) is 12.1 Å². The highest BCUT2D eigenvalue weighted by Crippen LogP contribution is 2.54. The fraction of sp³-hybridized carbons (Fsp3) is 0.250. The van der Waals surface area contributed by atoms with Gasteiger partial charge in [0.05, 0.1) is 12.0 Å². The molecule has 1 aliphatic carbocycles. The molecule has 4 heteroatoms. The van der Waals surface area contributed by atoms with E-state index in [0.29, 0.717) is 11.8 Å². The highest BCUT2D eigenvalue weighted by Gasteiger charge is 2.39. The zero-order valence-electron chi connectivity index (χ0n) is 11.2. The number of nitro groups is 1. The Morgan fingerprint density at radius 3 is 1.95 bits per heavy atom. The molecule has 0 aliphatic heterocycles. The maximum atomic E-state index is 10.6. The first-order chi connectivity index (χ1) is 9.69. The Morgan fingerprint density at radius 2 is 1.50 bits per heavy atom. The molecule has 20 heavy (non-hydrogen) atoms. The van der Waals surface area contributed by atoms with E-state index >= 15 is 0 Å². The molecule has 2 aromatic rings. The van der Waals surface area contributed by atoms with Crippen molar-refractivity contribution >= 4 is 5.69 Å². The van der Waals surface area contributed by atoms with Gasteiger partial charge in [-0.25, -0.2) is 0 Å². The first-order valence-electron chi connectivity index (χ1n) is 6.57. The van der Waals surface area contributed by atoms with Gasteiger partial charge in [0.2, 0.25) is 0 Å². The molecule has 0 unspecified atom stereocenters. The molecule has 0 amide bonds. The van der Waals surface area contributed by atoms with Crippen molar-refractivity contribution in [3.63, 3.8) is 0 Å². The van der Waals surface area contributed by atoms with Gasteiger partial charge in [0.15, 0.2) is 0 Å². The number of ether oxygens (including phenoxy) is 1. The molecular weight excluding hydrogens is 254 g/mol. The van der Waals surface area contributed by atoms with Crippen LogP contribution in [0.25, 0.3) is 0 Å². The quantitative estimate of drug-likeness (QED) is 0.625. The summed E-state index contributed by atoms with van der Waals surface area (Å²) in [4.78, 5) is 10.3.